The summed E-state index contributed by atoms with van der Waals surface area (Å²) in [5.41, 5.74) is 3.76. The van der Waals surface area contributed by atoms with E-state index in [4.69, 9.17) is 5.11 Å². The number of carboxylic acid groups (broad SMARTS) is 1. The number of hydrogen-bond donors (Lipinski definition) is 4. The molecule has 3 aromatic heterocycles. The summed E-state index contributed by atoms with van der Waals surface area (Å²) in [4.78, 5) is 24.7. The van der Waals surface area contributed by atoms with Gasteiger partial charge in [-0.05, 0) is 37.1 Å². The molecular formula is C19H19N7O2. The van der Waals surface area contributed by atoms with Crippen molar-refractivity contribution in [3.05, 3.63) is 42.5 Å². The quantitative estimate of drug-likeness (QED) is 0.434. The van der Waals surface area contributed by atoms with Gasteiger partial charge in [-0.15, -0.1) is 0 Å². The van der Waals surface area contributed by atoms with E-state index in [2.05, 4.69) is 36.5 Å². The second kappa shape index (κ2) is 6.52. The lowest BCUT2D eigenvalue weighted by Gasteiger charge is -2.29. The number of hydrogen-bond acceptors (Lipinski definition) is 5. The van der Waals surface area contributed by atoms with Crippen molar-refractivity contribution in [3.63, 3.8) is 0 Å². The van der Waals surface area contributed by atoms with E-state index in [9.17, 15) is 4.79 Å². The van der Waals surface area contributed by atoms with Crippen molar-refractivity contribution >= 4 is 39.5 Å². The molecular weight excluding hydrogens is 358 g/mol. The third-order valence-corrected chi connectivity index (χ3v) is 5.35. The zero-order valence-corrected chi connectivity index (χ0v) is 15.0. The Morgan fingerprint density at radius 1 is 1.21 bits per heavy atom. The zero-order valence-electron chi connectivity index (χ0n) is 15.0. The molecule has 1 aromatic carbocycles. The number of aromatic amines is 2. The molecule has 1 aliphatic rings. The minimum absolute atomic E-state index is 0.292. The highest BCUT2D eigenvalue weighted by Gasteiger charge is 2.25. The Morgan fingerprint density at radius 3 is 2.89 bits per heavy atom. The van der Waals surface area contributed by atoms with Crippen LogP contribution in [-0.4, -0.2) is 54.3 Å². The van der Waals surface area contributed by atoms with E-state index in [-0.39, 0.29) is 0 Å². The first-order valence-corrected chi connectivity index (χ1v) is 9.19. The van der Waals surface area contributed by atoms with Gasteiger partial charge in [0.1, 0.15) is 17.8 Å². The van der Waals surface area contributed by atoms with E-state index >= 15 is 0 Å². The highest BCUT2D eigenvalue weighted by atomic mass is 16.4. The highest BCUT2D eigenvalue weighted by molar-refractivity contribution is 5.91. The summed E-state index contributed by atoms with van der Waals surface area (Å²) in [6.07, 6.45) is 4.07. The molecule has 1 saturated heterocycles. The minimum atomic E-state index is -0.845. The Balaban J connectivity index is 1.42. The molecule has 9 heteroatoms. The maximum atomic E-state index is 11.1. The van der Waals surface area contributed by atoms with Gasteiger partial charge in [0.2, 0.25) is 0 Å². The van der Waals surface area contributed by atoms with Crippen LogP contribution in [0.5, 0.6) is 0 Å². The summed E-state index contributed by atoms with van der Waals surface area (Å²) >= 11 is 0. The second-order valence-corrected chi connectivity index (χ2v) is 7.05. The summed E-state index contributed by atoms with van der Waals surface area (Å²) in [5, 5.41) is 21.4. The monoisotopic (exact) mass is 377 g/mol. The molecule has 1 aliphatic heterocycles. The van der Waals surface area contributed by atoms with Crippen LogP contribution in [0.4, 0.5) is 16.3 Å². The third-order valence-electron chi connectivity index (χ3n) is 5.35. The molecule has 1 amide bonds. The molecule has 0 radical (unpaired) electrons. The number of fused-ring (bicyclic) bond motifs is 2. The zero-order chi connectivity index (χ0) is 19.1. The molecule has 0 saturated carbocycles. The Hall–Kier alpha value is -3.62. The lowest BCUT2D eigenvalue weighted by Crippen LogP contribution is -2.36. The molecule has 4 N–H and O–H groups in total. The maximum absolute atomic E-state index is 11.1. The van der Waals surface area contributed by atoms with Crippen LogP contribution < -0.4 is 5.32 Å². The van der Waals surface area contributed by atoms with E-state index < -0.39 is 6.09 Å². The van der Waals surface area contributed by atoms with Gasteiger partial charge in [-0.2, -0.15) is 5.10 Å². The molecule has 0 unspecified atom stereocenters. The Kier molecular flexibility index (Phi) is 3.85. The SMILES string of the molecule is O=C(O)N1CCC(c2cc3c(Nc4ccc5[nH]ncc5c4)ncnc3[nH]2)CC1. The lowest BCUT2D eigenvalue weighted by atomic mass is 9.94. The van der Waals surface area contributed by atoms with Gasteiger partial charge in [0.25, 0.3) is 0 Å². The number of amides is 1. The van der Waals surface area contributed by atoms with E-state index in [0.29, 0.717) is 19.0 Å². The standard InChI is InChI=1S/C19H19N7O2/c27-19(28)26-5-3-11(4-6-26)16-8-14-17(20-10-21-18(14)24-16)23-13-1-2-15-12(7-13)9-22-25-15/h1-2,7-11H,3-6H2,(H,22,25)(H,27,28)(H2,20,21,23,24). The second-order valence-electron chi connectivity index (χ2n) is 7.05. The molecule has 4 aromatic rings. The fourth-order valence-corrected chi connectivity index (χ4v) is 3.82. The number of piperidine rings is 1. The molecule has 28 heavy (non-hydrogen) atoms. The molecule has 0 bridgehead atoms. The van der Waals surface area contributed by atoms with Gasteiger partial charge < -0.3 is 20.3 Å². The highest BCUT2D eigenvalue weighted by Crippen LogP contribution is 2.32. The molecule has 9 nitrogen and oxygen atoms in total. The third kappa shape index (κ3) is 2.90. The fourth-order valence-electron chi connectivity index (χ4n) is 3.82. The molecule has 142 valence electrons. The van der Waals surface area contributed by atoms with E-state index in [1.54, 1.807) is 6.20 Å². The van der Waals surface area contributed by atoms with Crippen molar-refractivity contribution in [2.75, 3.05) is 18.4 Å². The number of anilines is 2. The molecule has 0 aliphatic carbocycles. The van der Waals surface area contributed by atoms with Gasteiger partial charge >= 0.3 is 6.09 Å². The summed E-state index contributed by atoms with van der Waals surface area (Å²) in [7, 11) is 0. The van der Waals surface area contributed by atoms with Crippen molar-refractivity contribution in [3.8, 4) is 0 Å². The fraction of sp³-hybridized carbons (Fsp3) is 0.263. The topological polar surface area (TPSA) is 123 Å². The van der Waals surface area contributed by atoms with E-state index in [0.717, 1.165) is 52.0 Å². The first kappa shape index (κ1) is 16.5. The van der Waals surface area contributed by atoms with Crippen molar-refractivity contribution in [2.24, 2.45) is 0 Å². The van der Waals surface area contributed by atoms with Crippen LogP contribution >= 0.6 is 0 Å². The number of likely N-dealkylation sites (tertiary alicyclic amines) is 1. The lowest BCUT2D eigenvalue weighted by molar-refractivity contribution is 0.132. The van der Waals surface area contributed by atoms with Crippen molar-refractivity contribution < 1.29 is 9.90 Å². The van der Waals surface area contributed by atoms with Crippen LogP contribution in [-0.2, 0) is 0 Å². The van der Waals surface area contributed by atoms with Gasteiger partial charge in [-0.25, -0.2) is 14.8 Å². The largest absolute Gasteiger partial charge is 0.465 e. The van der Waals surface area contributed by atoms with Gasteiger partial charge in [0, 0.05) is 35.8 Å². The van der Waals surface area contributed by atoms with Gasteiger partial charge in [0.15, 0.2) is 0 Å². The number of carbonyl (C=O) groups is 1. The van der Waals surface area contributed by atoms with Crippen LogP contribution in [0.1, 0.15) is 24.5 Å². The van der Waals surface area contributed by atoms with Gasteiger partial charge in [-0.1, -0.05) is 0 Å². The number of benzene rings is 1. The number of H-pyrrole nitrogens is 2. The van der Waals surface area contributed by atoms with Crippen LogP contribution in [0.3, 0.4) is 0 Å². The van der Waals surface area contributed by atoms with Crippen LogP contribution in [0, 0.1) is 0 Å². The first-order chi connectivity index (χ1) is 13.7. The number of rotatable bonds is 3. The summed E-state index contributed by atoms with van der Waals surface area (Å²) < 4.78 is 0. The van der Waals surface area contributed by atoms with E-state index in [1.165, 1.54) is 11.2 Å². The Morgan fingerprint density at radius 2 is 2.07 bits per heavy atom. The summed E-state index contributed by atoms with van der Waals surface area (Å²) in [6, 6.07) is 8.04. The average molecular weight is 377 g/mol. The van der Waals surface area contributed by atoms with Crippen LogP contribution in [0.2, 0.25) is 0 Å². The Labute approximate surface area is 159 Å². The van der Waals surface area contributed by atoms with Crippen molar-refractivity contribution in [2.45, 2.75) is 18.8 Å². The van der Waals surface area contributed by atoms with Gasteiger partial charge in [-0.3, -0.25) is 5.10 Å². The van der Waals surface area contributed by atoms with Crippen LogP contribution in [0.15, 0.2) is 36.8 Å². The number of nitrogens with one attached hydrogen (secondary N) is 3. The average Bonchev–Trinajstić information content (AvgIpc) is 3.35. The normalized spacial score (nSPS) is 15.4. The smallest absolute Gasteiger partial charge is 0.407 e. The van der Waals surface area contributed by atoms with Crippen LogP contribution in [0.25, 0.3) is 21.9 Å². The number of aromatic nitrogens is 5. The minimum Gasteiger partial charge on any atom is -0.465 e. The number of nitrogens with zero attached hydrogens (tertiary/aromatic N) is 4. The predicted molar refractivity (Wildman–Crippen MR) is 105 cm³/mol. The maximum Gasteiger partial charge on any atom is 0.407 e. The van der Waals surface area contributed by atoms with Crippen molar-refractivity contribution in [1.82, 2.24) is 30.0 Å². The Bertz CT molecular complexity index is 1160. The van der Waals surface area contributed by atoms with E-state index in [1.807, 2.05) is 18.2 Å². The molecule has 0 spiro atoms. The molecule has 1 fully saturated rings. The molecule has 0 atom stereocenters. The van der Waals surface area contributed by atoms with Crippen molar-refractivity contribution in [1.29, 1.82) is 0 Å². The molecule has 5 rings (SSSR count). The first-order valence-electron chi connectivity index (χ1n) is 9.19. The molecule has 4 heterocycles. The van der Waals surface area contributed by atoms with Gasteiger partial charge in [0.05, 0.1) is 17.1 Å². The summed E-state index contributed by atoms with van der Waals surface area (Å²) in [5.74, 6) is 1.03. The predicted octanol–water partition coefficient (Wildman–Crippen LogP) is 3.44. The summed E-state index contributed by atoms with van der Waals surface area (Å²) in [6.45, 7) is 1.10.